The minimum atomic E-state index is -0.0628. The molecule has 1 aliphatic rings. The Kier molecular flexibility index (Phi) is 4.67. The van der Waals surface area contributed by atoms with Crippen LogP contribution in [-0.4, -0.2) is 14.5 Å². The van der Waals surface area contributed by atoms with Crippen LogP contribution in [0, 0.1) is 0 Å². The maximum atomic E-state index is 5.25. The lowest BCUT2D eigenvalue weighted by molar-refractivity contribution is 0.661. The molecule has 0 bridgehead atoms. The van der Waals surface area contributed by atoms with Crippen molar-refractivity contribution in [1.29, 1.82) is 0 Å². The molecule has 0 atom stereocenters. The van der Waals surface area contributed by atoms with Gasteiger partial charge in [0.25, 0.3) is 0 Å². The molecule has 0 unspecified atom stereocenters. The highest BCUT2D eigenvalue weighted by Gasteiger charge is 2.35. The van der Waals surface area contributed by atoms with Crippen LogP contribution < -0.4 is 0 Å². The van der Waals surface area contributed by atoms with Crippen LogP contribution in [0.4, 0.5) is 0 Å². The van der Waals surface area contributed by atoms with Crippen LogP contribution in [0.5, 0.6) is 0 Å². The second kappa shape index (κ2) is 8.37. The summed E-state index contributed by atoms with van der Waals surface area (Å²) in [5.74, 6) is 0.687. The second-order valence-corrected chi connectivity index (χ2v) is 11.9. The molecule has 0 saturated carbocycles. The fourth-order valence-electron chi connectivity index (χ4n) is 7.18. The fourth-order valence-corrected chi connectivity index (χ4v) is 7.18. The van der Waals surface area contributed by atoms with E-state index in [1.165, 1.54) is 43.8 Å². The predicted octanol–water partition coefficient (Wildman–Crippen LogP) is 9.85. The maximum Gasteiger partial charge on any atom is 0.235 e. The summed E-state index contributed by atoms with van der Waals surface area (Å²) < 4.78 is 2.25. The average molecular weight is 538 g/mol. The van der Waals surface area contributed by atoms with Gasteiger partial charge in [-0.1, -0.05) is 111 Å². The number of aromatic nitrogens is 3. The van der Waals surface area contributed by atoms with Gasteiger partial charge < -0.3 is 0 Å². The monoisotopic (exact) mass is 537 g/mol. The first kappa shape index (κ1) is 23.4. The largest absolute Gasteiger partial charge is 0.278 e. The van der Waals surface area contributed by atoms with Gasteiger partial charge in [-0.2, -0.15) is 0 Å². The summed E-state index contributed by atoms with van der Waals surface area (Å²) in [5.41, 5.74) is 10.6. The van der Waals surface area contributed by atoms with Gasteiger partial charge in [-0.3, -0.25) is 4.57 Å². The number of hydrogen-bond donors (Lipinski definition) is 0. The minimum absolute atomic E-state index is 0.0628. The van der Waals surface area contributed by atoms with Crippen LogP contribution in [0.25, 0.3) is 71.8 Å². The summed E-state index contributed by atoms with van der Waals surface area (Å²) in [6.07, 6.45) is 0. The number of hydrogen-bond acceptors (Lipinski definition) is 2. The zero-order valence-corrected chi connectivity index (χ0v) is 23.5. The third kappa shape index (κ3) is 3.11. The third-order valence-corrected chi connectivity index (χ3v) is 9.19. The van der Waals surface area contributed by atoms with Gasteiger partial charge in [0.1, 0.15) is 0 Å². The standard InChI is InChI=1S/C39H27N3/c1-39(2)31-17-9-6-14-26(31)30-22-25-20-21-35-36(29(25)23-32(30)39)28-16-8-11-19-34(28)42(35)38-40-33-18-10-7-15-27(33)37(41-38)24-12-4-3-5-13-24/h3-23H,1-2H3. The van der Waals surface area contributed by atoms with Crippen molar-refractivity contribution in [3.05, 3.63) is 139 Å². The SMILES string of the molecule is CC1(C)c2ccccc2-c2cc3ccc4c(c3cc21)c1ccccc1n4-c1nc(-c2ccccc2)c2ccccc2n1. The van der Waals surface area contributed by atoms with Crippen molar-refractivity contribution in [1.82, 2.24) is 14.5 Å². The number of benzene rings is 6. The summed E-state index contributed by atoms with van der Waals surface area (Å²) in [4.78, 5) is 10.4. The van der Waals surface area contributed by atoms with Crippen LogP contribution in [0.15, 0.2) is 127 Å². The summed E-state index contributed by atoms with van der Waals surface area (Å²) in [6.45, 7) is 4.70. The molecule has 6 aromatic carbocycles. The Labute approximate surface area is 243 Å². The molecule has 0 fully saturated rings. The molecule has 2 heterocycles. The van der Waals surface area contributed by atoms with E-state index in [-0.39, 0.29) is 5.41 Å². The van der Waals surface area contributed by atoms with Gasteiger partial charge in [0.05, 0.1) is 22.2 Å². The Morgan fingerprint density at radius 2 is 1.29 bits per heavy atom. The zero-order valence-electron chi connectivity index (χ0n) is 23.5. The Balaban J connectivity index is 1.38. The quantitative estimate of drug-likeness (QED) is 0.220. The number of rotatable bonds is 2. The number of para-hydroxylation sites is 2. The molecule has 2 aromatic heterocycles. The van der Waals surface area contributed by atoms with Gasteiger partial charge in [-0.15, -0.1) is 0 Å². The Morgan fingerprint density at radius 1 is 0.548 bits per heavy atom. The van der Waals surface area contributed by atoms with E-state index >= 15 is 0 Å². The molecule has 0 spiro atoms. The van der Waals surface area contributed by atoms with Gasteiger partial charge in [0.15, 0.2) is 0 Å². The van der Waals surface area contributed by atoms with E-state index < -0.39 is 0 Å². The van der Waals surface area contributed by atoms with E-state index in [9.17, 15) is 0 Å². The molecular weight excluding hydrogens is 510 g/mol. The molecule has 1 aliphatic carbocycles. The first-order valence-electron chi connectivity index (χ1n) is 14.5. The molecule has 42 heavy (non-hydrogen) atoms. The van der Waals surface area contributed by atoms with Crippen molar-refractivity contribution in [2.75, 3.05) is 0 Å². The van der Waals surface area contributed by atoms with E-state index in [4.69, 9.17) is 9.97 Å². The van der Waals surface area contributed by atoms with Crippen molar-refractivity contribution in [3.8, 4) is 28.3 Å². The summed E-state index contributed by atoms with van der Waals surface area (Å²) >= 11 is 0. The van der Waals surface area contributed by atoms with Crippen LogP contribution >= 0.6 is 0 Å². The molecule has 3 heteroatoms. The molecule has 0 radical (unpaired) electrons. The molecular formula is C39H27N3. The first-order valence-corrected chi connectivity index (χ1v) is 14.5. The molecule has 8 aromatic rings. The van der Waals surface area contributed by atoms with Gasteiger partial charge in [0.2, 0.25) is 5.95 Å². The first-order chi connectivity index (χ1) is 20.6. The van der Waals surface area contributed by atoms with Crippen molar-refractivity contribution in [3.63, 3.8) is 0 Å². The normalized spacial score (nSPS) is 13.7. The van der Waals surface area contributed by atoms with E-state index in [1.54, 1.807) is 0 Å². The highest BCUT2D eigenvalue weighted by Crippen LogP contribution is 2.50. The van der Waals surface area contributed by atoms with Crippen LogP contribution in [0.2, 0.25) is 0 Å². The number of fused-ring (bicyclic) bond motifs is 9. The highest BCUT2D eigenvalue weighted by molar-refractivity contribution is 6.22. The Morgan fingerprint density at radius 3 is 2.17 bits per heavy atom. The zero-order chi connectivity index (χ0) is 28.0. The van der Waals surface area contributed by atoms with Crippen LogP contribution in [-0.2, 0) is 5.41 Å². The lowest BCUT2D eigenvalue weighted by Crippen LogP contribution is -2.14. The second-order valence-electron chi connectivity index (χ2n) is 11.9. The molecule has 9 rings (SSSR count). The Hall–Kier alpha value is -5.28. The molecule has 0 amide bonds. The molecule has 0 N–H and O–H groups in total. The van der Waals surface area contributed by atoms with E-state index in [0.29, 0.717) is 5.95 Å². The maximum absolute atomic E-state index is 5.25. The average Bonchev–Trinajstić information content (AvgIpc) is 3.49. The smallest absolute Gasteiger partial charge is 0.235 e. The van der Waals surface area contributed by atoms with Gasteiger partial charge in [-0.05, 0) is 63.4 Å². The number of nitrogens with zero attached hydrogens (tertiary/aromatic N) is 3. The van der Waals surface area contributed by atoms with Crippen molar-refractivity contribution >= 4 is 43.5 Å². The molecule has 0 aliphatic heterocycles. The van der Waals surface area contributed by atoms with E-state index in [2.05, 4.69) is 134 Å². The van der Waals surface area contributed by atoms with Gasteiger partial charge in [-0.25, -0.2) is 9.97 Å². The molecule has 3 nitrogen and oxygen atoms in total. The topological polar surface area (TPSA) is 30.7 Å². The molecule has 198 valence electrons. The lowest BCUT2D eigenvalue weighted by Gasteiger charge is -2.21. The summed E-state index contributed by atoms with van der Waals surface area (Å²) in [6, 6.07) is 45.6. The highest BCUT2D eigenvalue weighted by atomic mass is 15.2. The third-order valence-electron chi connectivity index (χ3n) is 9.19. The minimum Gasteiger partial charge on any atom is -0.278 e. The van der Waals surface area contributed by atoms with Crippen LogP contribution in [0.3, 0.4) is 0 Å². The van der Waals surface area contributed by atoms with Crippen molar-refractivity contribution in [2.24, 2.45) is 0 Å². The van der Waals surface area contributed by atoms with E-state index in [1.807, 2.05) is 12.1 Å². The summed E-state index contributed by atoms with van der Waals surface area (Å²) in [7, 11) is 0. The summed E-state index contributed by atoms with van der Waals surface area (Å²) in [5, 5.41) is 6.03. The van der Waals surface area contributed by atoms with Crippen molar-refractivity contribution in [2.45, 2.75) is 19.3 Å². The van der Waals surface area contributed by atoms with Gasteiger partial charge >= 0.3 is 0 Å². The van der Waals surface area contributed by atoms with Gasteiger partial charge in [0, 0.05) is 27.1 Å². The van der Waals surface area contributed by atoms with Crippen LogP contribution in [0.1, 0.15) is 25.0 Å². The molecule has 0 saturated heterocycles. The fraction of sp³-hybridized carbons (Fsp3) is 0.0769. The van der Waals surface area contributed by atoms with E-state index in [0.717, 1.165) is 33.2 Å². The van der Waals surface area contributed by atoms with Crippen molar-refractivity contribution < 1.29 is 0 Å². The predicted molar refractivity (Wildman–Crippen MR) is 174 cm³/mol. The lowest BCUT2D eigenvalue weighted by atomic mass is 9.81. The Bertz CT molecular complexity index is 2380.